The van der Waals surface area contributed by atoms with E-state index in [9.17, 15) is 12.3 Å². The van der Waals surface area contributed by atoms with Gasteiger partial charge in [-0.15, -0.1) is 3.89 Å². The number of halogens is 1. The third kappa shape index (κ3) is 4.91. The zero-order valence-electron chi connectivity index (χ0n) is 8.41. The average molecular weight is 224 g/mol. The second-order valence-electron chi connectivity index (χ2n) is 4.05. The summed E-state index contributed by atoms with van der Waals surface area (Å²) < 4.78 is 38.4. The van der Waals surface area contributed by atoms with Crippen molar-refractivity contribution < 1.29 is 17.0 Å². The van der Waals surface area contributed by atoms with Crippen LogP contribution in [0.4, 0.5) is 3.89 Å². The van der Waals surface area contributed by atoms with Gasteiger partial charge < -0.3 is 4.74 Å². The van der Waals surface area contributed by atoms with Crippen molar-refractivity contribution >= 4 is 10.2 Å². The maximum atomic E-state index is 12.3. The van der Waals surface area contributed by atoms with Crippen LogP contribution in [0.25, 0.3) is 0 Å². The molecule has 0 aliphatic heterocycles. The van der Waals surface area contributed by atoms with Gasteiger partial charge in [-0.2, -0.15) is 8.42 Å². The second-order valence-corrected chi connectivity index (χ2v) is 5.46. The van der Waals surface area contributed by atoms with Gasteiger partial charge in [-0.05, 0) is 18.8 Å². The minimum atomic E-state index is -4.35. The Morgan fingerprint density at radius 1 is 1.43 bits per heavy atom. The van der Waals surface area contributed by atoms with E-state index in [0.29, 0.717) is 6.61 Å². The van der Waals surface area contributed by atoms with Crippen molar-refractivity contribution in [2.75, 3.05) is 12.4 Å². The lowest BCUT2D eigenvalue weighted by atomic mass is 10.2. The molecule has 0 bridgehead atoms. The van der Waals surface area contributed by atoms with E-state index in [0.717, 1.165) is 12.8 Å². The minimum absolute atomic E-state index is 0.259. The quantitative estimate of drug-likeness (QED) is 0.670. The predicted octanol–water partition coefficient (Wildman–Crippen LogP) is 1.88. The van der Waals surface area contributed by atoms with Crippen LogP contribution < -0.4 is 0 Å². The van der Waals surface area contributed by atoms with E-state index < -0.39 is 16.0 Å². The molecular weight excluding hydrogens is 207 g/mol. The molecule has 0 amide bonds. The van der Waals surface area contributed by atoms with Crippen LogP contribution in [0.15, 0.2) is 0 Å². The molecule has 0 aromatic carbocycles. The van der Waals surface area contributed by atoms with E-state index in [2.05, 4.69) is 0 Å². The first-order valence-corrected chi connectivity index (χ1v) is 6.56. The predicted molar refractivity (Wildman–Crippen MR) is 52.3 cm³/mol. The molecule has 0 aromatic rings. The van der Waals surface area contributed by atoms with Crippen LogP contribution in [0.1, 0.15) is 32.6 Å². The molecule has 84 valence electrons. The Morgan fingerprint density at radius 2 is 2.00 bits per heavy atom. The normalized spacial score (nSPS) is 21.3. The van der Waals surface area contributed by atoms with Gasteiger partial charge >= 0.3 is 10.2 Å². The summed E-state index contributed by atoms with van der Waals surface area (Å²) in [4.78, 5) is 0. The molecule has 0 radical (unpaired) electrons. The summed E-state index contributed by atoms with van der Waals surface area (Å²) in [5.74, 6) is -0.690. The zero-order valence-corrected chi connectivity index (χ0v) is 9.22. The molecule has 1 unspecified atom stereocenters. The van der Waals surface area contributed by atoms with Crippen LogP contribution in [0.5, 0.6) is 0 Å². The Hall–Kier alpha value is -0.160. The lowest BCUT2D eigenvalue weighted by Crippen LogP contribution is -2.19. The second kappa shape index (κ2) is 5.07. The Balaban J connectivity index is 2.17. The molecule has 0 heterocycles. The summed E-state index contributed by atoms with van der Waals surface area (Å²) in [5.41, 5.74) is 0. The summed E-state index contributed by atoms with van der Waals surface area (Å²) in [6, 6.07) is 0. The van der Waals surface area contributed by atoms with E-state index in [1.54, 1.807) is 6.92 Å². The highest BCUT2D eigenvalue weighted by Gasteiger charge is 2.19. The van der Waals surface area contributed by atoms with Crippen molar-refractivity contribution in [1.82, 2.24) is 0 Å². The minimum Gasteiger partial charge on any atom is -0.378 e. The molecule has 0 saturated heterocycles. The highest BCUT2D eigenvalue weighted by molar-refractivity contribution is 7.86. The smallest absolute Gasteiger partial charge is 0.302 e. The monoisotopic (exact) mass is 224 g/mol. The fourth-order valence-electron chi connectivity index (χ4n) is 1.74. The molecule has 1 fully saturated rings. The molecule has 3 nitrogen and oxygen atoms in total. The van der Waals surface area contributed by atoms with E-state index >= 15 is 0 Å². The molecule has 1 saturated carbocycles. The number of hydrogen-bond acceptors (Lipinski definition) is 3. The molecule has 1 atom stereocenters. The van der Waals surface area contributed by atoms with Crippen molar-refractivity contribution in [3.8, 4) is 0 Å². The van der Waals surface area contributed by atoms with Crippen LogP contribution in [0.2, 0.25) is 0 Å². The fourth-order valence-corrected chi connectivity index (χ4v) is 2.52. The zero-order chi connectivity index (χ0) is 10.6. The van der Waals surface area contributed by atoms with Crippen LogP contribution in [-0.4, -0.2) is 26.9 Å². The molecule has 1 aliphatic rings. The average Bonchev–Trinajstić information content (AvgIpc) is 2.49. The first kappa shape index (κ1) is 11.9. The van der Waals surface area contributed by atoms with Crippen LogP contribution >= 0.6 is 0 Å². The van der Waals surface area contributed by atoms with Gasteiger partial charge in [-0.3, -0.25) is 0 Å². The standard InChI is InChI=1S/C9H17FO3S/c1-8(7-14(10,11)12)6-13-9-4-2-3-5-9/h8-9H,2-7H2,1H3. The SMILES string of the molecule is CC(COC1CCCC1)CS(=O)(=O)F. The molecule has 14 heavy (non-hydrogen) atoms. The molecule has 0 spiro atoms. The maximum absolute atomic E-state index is 12.3. The molecule has 1 rings (SSSR count). The third-order valence-electron chi connectivity index (χ3n) is 2.40. The summed E-state index contributed by atoms with van der Waals surface area (Å²) in [5, 5.41) is 0. The number of hydrogen-bond donors (Lipinski definition) is 0. The van der Waals surface area contributed by atoms with Crippen molar-refractivity contribution in [2.45, 2.75) is 38.7 Å². The van der Waals surface area contributed by atoms with E-state index in [-0.39, 0.29) is 12.0 Å². The fraction of sp³-hybridized carbons (Fsp3) is 1.00. The lowest BCUT2D eigenvalue weighted by Gasteiger charge is -2.14. The Bertz CT molecular complexity index is 257. The van der Waals surface area contributed by atoms with Gasteiger partial charge in [-0.1, -0.05) is 19.8 Å². The van der Waals surface area contributed by atoms with Crippen LogP contribution in [0, 0.1) is 5.92 Å². The molecular formula is C9H17FO3S. The highest BCUT2D eigenvalue weighted by Crippen LogP contribution is 2.21. The van der Waals surface area contributed by atoms with Crippen molar-refractivity contribution in [2.24, 2.45) is 5.92 Å². The molecule has 0 N–H and O–H groups in total. The maximum Gasteiger partial charge on any atom is 0.302 e. The topological polar surface area (TPSA) is 43.4 Å². The van der Waals surface area contributed by atoms with Gasteiger partial charge in [-0.25, -0.2) is 0 Å². The van der Waals surface area contributed by atoms with Gasteiger partial charge in [0.05, 0.1) is 18.5 Å². The van der Waals surface area contributed by atoms with Crippen LogP contribution in [0.3, 0.4) is 0 Å². The Labute approximate surface area is 84.9 Å². The highest BCUT2D eigenvalue weighted by atomic mass is 32.3. The van der Waals surface area contributed by atoms with Crippen molar-refractivity contribution in [3.63, 3.8) is 0 Å². The van der Waals surface area contributed by atoms with Gasteiger partial charge in [0.15, 0.2) is 0 Å². The summed E-state index contributed by atoms with van der Waals surface area (Å²) in [7, 11) is -4.35. The van der Waals surface area contributed by atoms with Gasteiger partial charge in [0.2, 0.25) is 0 Å². The largest absolute Gasteiger partial charge is 0.378 e. The number of rotatable bonds is 5. The Kier molecular flexibility index (Phi) is 4.31. The molecule has 5 heteroatoms. The van der Waals surface area contributed by atoms with E-state index in [1.165, 1.54) is 12.8 Å². The van der Waals surface area contributed by atoms with Crippen LogP contribution in [-0.2, 0) is 15.0 Å². The first-order valence-electron chi connectivity index (χ1n) is 5.01. The first-order chi connectivity index (χ1) is 6.47. The van der Waals surface area contributed by atoms with Crippen molar-refractivity contribution in [3.05, 3.63) is 0 Å². The summed E-state index contributed by atoms with van der Waals surface area (Å²) in [6.45, 7) is 2.03. The summed E-state index contributed by atoms with van der Waals surface area (Å²) in [6.07, 6.45) is 4.73. The van der Waals surface area contributed by atoms with E-state index in [4.69, 9.17) is 4.74 Å². The van der Waals surface area contributed by atoms with E-state index in [1.807, 2.05) is 0 Å². The van der Waals surface area contributed by atoms with Crippen molar-refractivity contribution in [1.29, 1.82) is 0 Å². The Morgan fingerprint density at radius 3 is 2.50 bits per heavy atom. The third-order valence-corrected chi connectivity index (χ3v) is 3.37. The van der Waals surface area contributed by atoms with Gasteiger partial charge in [0.1, 0.15) is 0 Å². The van der Waals surface area contributed by atoms with Gasteiger partial charge in [0.25, 0.3) is 0 Å². The summed E-state index contributed by atoms with van der Waals surface area (Å²) >= 11 is 0. The molecule has 0 aromatic heterocycles. The molecule has 1 aliphatic carbocycles. The lowest BCUT2D eigenvalue weighted by molar-refractivity contribution is 0.0411. The number of ether oxygens (including phenoxy) is 1. The van der Waals surface area contributed by atoms with Gasteiger partial charge in [0, 0.05) is 0 Å².